The van der Waals surface area contributed by atoms with Gasteiger partial charge in [-0.15, -0.1) is 0 Å². The fraction of sp³-hybridized carbons (Fsp3) is 0.409. The normalized spacial score (nSPS) is 14.7. The van der Waals surface area contributed by atoms with Crippen molar-refractivity contribution in [3.05, 3.63) is 58.1 Å². The number of hydrogen-bond donors (Lipinski definition) is 0. The summed E-state index contributed by atoms with van der Waals surface area (Å²) in [5.74, 6) is -0.374. The minimum absolute atomic E-state index is 0.0437. The zero-order valence-electron chi connectivity index (χ0n) is 18.4. The third-order valence-electron chi connectivity index (χ3n) is 4.82. The molecule has 8 nitrogen and oxygen atoms in total. The third kappa shape index (κ3) is 5.85. The second-order valence-electron chi connectivity index (χ2n) is 8.43. The van der Waals surface area contributed by atoms with E-state index >= 15 is 0 Å². The molecular formula is C22H24F3N3O5. The largest absolute Gasteiger partial charge is 0.457 e. The molecule has 1 saturated heterocycles. The number of nitro groups is 1. The first-order valence-electron chi connectivity index (χ1n) is 10.2. The van der Waals surface area contributed by atoms with Crippen molar-refractivity contribution < 1.29 is 32.4 Å². The zero-order chi connectivity index (χ0) is 24.4. The number of para-hydroxylation sites is 1. The van der Waals surface area contributed by atoms with E-state index in [0.29, 0.717) is 0 Å². The average Bonchev–Trinajstić information content (AvgIpc) is 2.72. The first-order valence-corrected chi connectivity index (χ1v) is 10.2. The van der Waals surface area contributed by atoms with Gasteiger partial charge in [0.2, 0.25) is 0 Å². The average molecular weight is 467 g/mol. The van der Waals surface area contributed by atoms with E-state index in [4.69, 9.17) is 9.47 Å². The van der Waals surface area contributed by atoms with Crippen LogP contribution in [0, 0.1) is 10.1 Å². The highest BCUT2D eigenvalue weighted by Crippen LogP contribution is 2.48. The van der Waals surface area contributed by atoms with Gasteiger partial charge in [-0.05, 0) is 39.0 Å². The molecule has 2 aromatic carbocycles. The van der Waals surface area contributed by atoms with Crippen LogP contribution < -0.4 is 9.64 Å². The number of hydrogen-bond acceptors (Lipinski definition) is 6. The van der Waals surface area contributed by atoms with Crippen LogP contribution in [0.5, 0.6) is 11.5 Å². The van der Waals surface area contributed by atoms with E-state index in [1.807, 2.05) is 0 Å². The Balaban J connectivity index is 1.97. The van der Waals surface area contributed by atoms with Gasteiger partial charge in [0, 0.05) is 32.2 Å². The number of amides is 1. The summed E-state index contributed by atoms with van der Waals surface area (Å²) >= 11 is 0. The van der Waals surface area contributed by atoms with Crippen molar-refractivity contribution >= 4 is 17.5 Å². The first-order chi connectivity index (χ1) is 15.4. The van der Waals surface area contributed by atoms with Gasteiger partial charge in [0.05, 0.1) is 4.92 Å². The van der Waals surface area contributed by atoms with E-state index in [2.05, 4.69) is 0 Å². The van der Waals surface area contributed by atoms with Gasteiger partial charge in [0.15, 0.2) is 0 Å². The van der Waals surface area contributed by atoms with Crippen molar-refractivity contribution in [1.29, 1.82) is 0 Å². The summed E-state index contributed by atoms with van der Waals surface area (Å²) in [5, 5.41) is 11.6. The van der Waals surface area contributed by atoms with Crippen LogP contribution in [0.1, 0.15) is 26.3 Å². The molecule has 0 aromatic heterocycles. The van der Waals surface area contributed by atoms with Crippen LogP contribution in [-0.2, 0) is 10.9 Å². The highest BCUT2D eigenvalue weighted by atomic mass is 19.4. The highest BCUT2D eigenvalue weighted by molar-refractivity contribution is 5.74. The molecular weight excluding hydrogens is 443 g/mol. The maximum atomic E-state index is 14.2. The van der Waals surface area contributed by atoms with Crippen LogP contribution in [0.2, 0.25) is 0 Å². The van der Waals surface area contributed by atoms with Crippen molar-refractivity contribution in [2.75, 3.05) is 31.1 Å². The molecule has 0 N–H and O–H groups in total. The molecule has 0 saturated carbocycles. The van der Waals surface area contributed by atoms with E-state index in [9.17, 15) is 28.1 Å². The standard InChI is InChI=1S/C22H24F3N3O5/c1-21(2,3)33-20(29)27-13-11-26(12-14-27)19-16(28(30)31)9-10-17(18(19)22(23,24)25)32-15-7-5-4-6-8-15/h4-10H,11-14H2,1-3H3. The number of anilines is 1. The van der Waals surface area contributed by atoms with Crippen LogP contribution in [0.15, 0.2) is 42.5 Å². The summed E-state index contributed by atoms with van der Waals surface area (Å²) in [6.07, 6.45) is -5.51. The van der Waals surface area contributed by atoms with Crippen LogP contribution in [0.4, 0.5) is 29.3 Å². The second-order valence-corrected chi connectivity index (χ2v) is 8.43. The Bertz CT molecular complexity index is 1010. The molecule has 0 atom stereocenters. The van der Waals surface area contributed by atoms with Gasteiger partial charge < -0.3 is 19.3 Å². The lowest BCUT2D eigenvalue weighted by Crippen LogP contribution is -2.50. The minimum Gasteiger partial charge on any atom is -0.457 e. The molecule has 2 aromatic rings. The first kappa shape index (κ1) is 24.1. The van der Waals surface area contributed by atoms with Crippen LogP contribution >= 0.6 is 0 Å². The smallest absolute Gasteiger partial charge is 0.422 e. The van der Waals surface area contributed by atoms with Crippen LogP contribution in [0.3, 0.4) is 0 Å². The molecule has 178 valence electrons. The van der Waals surface area contributed by atoms with Gasteiger partial charge in [-0.1, -0.05) is 18.2 Å². The summed E-state index contributed by atoms with van der Waals surface area (Å²) in [4.78, 5) is 25.7. The second kappa shape index (κ2) is 9.16. The lowest BCUT2D eigenvalue weighted by molar-refractivity contribution is -0.384. The Morgan fingerprint density at radius 1 is 1.00 bits per heavy atom. The number of benzene rings is 2. The molecule has 0 radical (unpaired) electrons. The Labute approximate surface area is 188 Å². The lowest BCUT2D eigenvalue weighted by Gasteiger charge is -2.37. The molecule has 0 bridgehead atoms. The fourth-order valence-corrected chi connectivity index (χ4v) is 3.44. The Hall–Kier alpha value is -3.50. The molecule has 1 heterocycles. The maximum absolute atomic E-state index is 14.2. The van der Waals surface area contributed by atoms with Crippen molar-refractivity contribution in [3.63, 3.8) is 0 Å². The van der Waals surface area contributed by atoms with Crippen molar-refractivity contribution in [2.24, 2.45) is 0 Å². The van der Waals surface area contributed by atoms with E-state index in [0.717, 1.165) is 12.1 Å². The molecule has 11 heteroatoms. The number of halogens is 3. The molecule has 33 heavy (non-hydrogen) atoms. The van der Waals surface area contributed by atoms with Gasteiger partial charge in [-0.25, -0.2) is 4.79 Å². The highest BCUT2D eigenvalue weighted by Gasteiger charge is 2.43. The summed E-state index contributed by atoms with van der Waals surface area (Å²) in [6.45, 7) is 5.13. The summed E-state index contributed by atoms with van der Waals surface area (Å²) in [5.41, 5.74) is -3.22. The predicted molar refractivity (Wildman–Crippen MR) is 115 cm³/mol. The van der Waals surface area contributed by atoms with Crippen LogP contribution in [0.25, 0.3) is 0 Å². The third-order valence-corrected chi connectivity index (χ3v) is 4.82. The number of ether oxygens (including phenoxy) is 2. The Morgan fingerprint density at radius 2 is 1.61 bits per heavy atom. The van der Waals surface area contributed by atoms with E-state index in [1.165, 1.54) is 21.9 Å². The van der Waals surface area contributed by atoms with Crippen molar-refractivity contribution in [2.45, 2.75) is 32.5 Å². The van der Waals surface area contributed by atoms with Gasteiger partial charge in [0.25, 0.3) is 5.69 Å². The predicted octanol–water partition coefficient (Wildman–Crippen LogP) is 5.46. The number of alkyl halides is 3. The molecule has 1 aliphatic rings. The number of carbonyl (C=O) groups is 1. The van der Waals surface area contributed by atoms with E-state index < -0.39 is 45.5 Å². The Kier molecular flexibility index (Phi) is 6.71. The maximum Gasteiger partial charge on any atom is 0.422 e. The van der Waals surface area contributed by atoms with Gasteiger partial charge >= 0.3 is 12.3 Å². The number of rotatable bonds is 4. The Morgan fingerprint density at radius 3 is 2.12 bits per heavy atom. The minimum atomic E-state index is -4.92. The summed E-state index contributed by atoms with van der Waals surface area (Å²) in [7, 11) is 0. The molecule has 1 amide bonds. The SMILES string of the molecule is CC(C)(C)OC(=O)N1CCN(c2c([N+](=O)[O-])ccc(Oc3ccccc3)c2C(F)(F)F)CC1. The van der Waals surface area contributed by atoms with Crippen molar-refractivity contribution in [1.82, 2.24) is 4.90 Å². The molecule has 0 aliphatic carbocycles. The van der Waals surface area contributed by atoms with Gasteiger partial charge in [0.1, 0.15) is 28.4 Å². The molecule has 0 unspecified atom stereocenters. The monoisotopic (exact) mass is 467 g/mol. The number of nitrogens with zero attached hydrogens (tertiary/aromatic N) is 3. The van der Waals surface area contributed by atoms with Crippen molar-refractivity contribution in [3.8, 4) is 11.5 Å². The number of carbonyl (C=O) groups excluding carboxylic acids is 1. The fourth-order valence-electron chi connectivity index (χ4n) is 3.44. The van der Waals surface area contributed by atoms with E-state index in [-0.39, 0.29) is 31.9 Å². The molecule has 1 fully saturated rings. The topological polar surface area (TPSA) is 85.2 Å². The van der Waals surface area contributed by atoms with Crippen LogP contribution in [-0.4, -0.2) is 47.7 Å². The van der Waals surface area contributed by atoms with E-state index in [1.54, 1.807) is 39.0 Å². The number of nitro benzene ring substituents is 1. The number of piperazine rings is 1. The quantitative estimate of drug-likeness (QED) is 0.438. The molecule has 3 rings (SSSR count). The molecule has 1 aliphatic heterocycles. The van der Waals surface area contributed by atoms with Gasteiger partial charge in [-0.3, -0.25) is 10.1 Å². The van der Waals surface area contributed by atoms with Gasteiger partial charge in [-0.2, -0.15) is 13.2 Å². The molecule has 0 spiro atoms. The summed E-state index contributed by atoms with van der Waals surface area (Å²) in [6, 6.07) is 9.82. The summed E-state index contributed by atoms with van der Waals surface area (Å²) < 4.78 is 53.3. The lowest BCUT2D eigenvalue weighted by atomic mass is 10.1. The zero-order valence-corrected chi connectivity index (χ0v) is 18.4.